The Kier molecular flexibility index (Phi) is 8.52. The lowest BCUT2D eigenvalue weighted by atomic mass is 10.2. The minimum atomic E-state index is -0.520. The molecule has 0 radical (unpaired) electrons. The van der Waals surface area contributed by atoms with Gasteiger partial charge in [-0.25, -0.2) is 4.99 Å². The van der Waals surface area contributed by atoms with Gasteiger partial charge in [0.1, 0.15) is 11.0 Å². The van der Waals surface area contributed by atoms with Crippen molar-refractivity contribution in [3.63, 3.8) is 0 Å². The molecule has 186 valence electrons. The van der Waals surface area contributed by atoms with Crippen molar-refractivity contribution >= 4 is 40.1 Å². The van der Waals surface area contributed by atoms with E-state index in [1.807, 2.05) is 37.3 Å². The fourth-order valence-electron chi connectivity index (χ4n) is 3.82. The first-order chi connectivity index (χ1) is 17.1. The fourth-order valence-corrected chi connectivity index (χ4v) is 5.04. The zero-order valence-electron chi connectivity index (χ0n) is 20.1. The van der Waals surface area contributed by atoms with E-state index in [-0.39, 0.29) is 25.0 Å². The summed E-state index contributed by atoms with van der Waals surface area (Å²) in [4.78, 5) is 31.8. The lowest BCUT2D eigenvalue weighted by molar-refractivity contribution is -0.128. The largest absolute Gasteiger partial charge is 0.494 e. The summed E-state index contributed by atoms with van der Waals surface area (Å²) in [5.41, 5.74) is 1.34. The van der Waals surface area contributed by atoms with Crippen LogP contribution >= 0.6 is 11.8 Å². The van der Waals surface area contributed by atoms with Gasteiger partial charge in [0.25, 0.3) is 0 Å². The molecule has 0 aromatic heterocycles. The van der Waals surface area contributed by atoms with E-state index < -0.39 is 5.25 Å². The Labute approximate surface area is 210 Å². The van der Waals surface area contributed by atoms with Crippen molar-refractivity contribution in [3.8, 4) is 17.2 Å². The number of hydrogen-bond acceptors (Lipinski definition) is 7. The van der Waals surface area contributed by atoms with Crippen LogP contribution in [-0.2, 0) is 9.59 Å². The Morgan fingerprint density at radius 3 is 2.69 bits per heavy atom. The molecule has 0 bridgehead atoms. The van der Waals surface area contributed by atoms with E-state index in [0.717, 1.165) is 12.2 Å². The van der Waals surface area contributed by atoms with Gasteiger partial charge in [-0.15, -0.1) is 0 Å². The molecule has 0 aliphatic carbocycles. The summed E-state index contributed by atoms with van der Waals surface area (Å²) in [5.74, 6) is 1.76. The second kappa shape index (κ2) is 12.0. The maximum absolute atomic E-state index is 12.9. The topological polar surface area (TPSA) is 89.5 Å². The lowest BCUT2D eigenvalue weighted by Crippen LogP contribution is -2.33. The SMILES string of the molecule is CCCCCCOc1ccc(NC(=O)CC2SC(=Nc3ccc4c(c3)OCO4)N(CC)C2=O)cc1. The molecule has 1 atom stereocenters. The predicted molar refractivity (Wildman–Crippen MR) is 138 cm³/mol. The van der Waals surface area contributed by atoms with Crippen LogP contribution in [0.4, 0.5) is 11.4 Å². The van der Waals surface area contributed by atoms with Crippen LogP contribution in [-0.4, -0.2) is 47.1 Å². The Bertz CT molecular complexity index is 1070. The van der Waals surface area contributed by atoms with Gasteiger partial charge in [-0.3, -0.25) is 14.5 Å². The van der Waals surface area contributed by atoms with Gasteiger partial charge in [0.2, 0.25) is 18.6 Å². The van der Waals surface area contributed by atoms with E-state index in [2.05, 4.69) is 17.2 Å². The van der Waals surface area contributed by atoms with Crippen LogP contribution < -0.4 is 19.5 Å². The number of fused-ring (bicyclic) bond motifs is 1. The molecule has 9 heteroatoms. The van der Waals surface area contributed by atoms with Crippen molar-refractivity contribution < 1.29 is 23.8 Å². The van der Waals surface area contributed by atoms with Crippen LogP contribution in [0, 0.1) is 0 Å². The average molecular weight is 498 g/mol. The first-order valence-corrected chi connectivity index (χ1v) is 12.9. The molecule has 2 amide bonds. The monoisotopic (exact) mass is 497 g/mol. The van der Waals surface area contributed by atoms with Crippen molar-refractivity contribution in [1.82, 2.24) is 4.90 Å². The highest BCUT2D eigenvalue weighted by Gasteiger charge is 2.38. The highest BCUT2D eigenvalue weighted by molar-refractivity contribution is 8.15. The highest BCUT2D eigenvalue weighted by atomic mass is 32.2. The number of thioether (sulfide) groups is 1. The van der Waals surface area contributed by atoms with E-state index in [4.69, 9.17) is 14.2 Å². The molecule has 1 fully saturated rings. The van der Waals surface area contributed by atoms with Crippen molar-refractivity contribution in [1.29, 1.82) is 0 Å². The summed E-state index contributed by atoms with van der Waals surface area (Å²) < 4.78 is 16.5. The Hall–Kier alpha value is -3.20. The summed E-state index contributed by atoms with van der Waals surface area (Å²) in [7, 11) is 0. The van der Waals surface area contributed by atoms with E-state index in [1.54, 1.807) is 17.0 Å². The third-order valence-corrected chi connectivity index (χ3v) is 6.87. The fraction of sp³-hybridized carbons (Fsp3) is 0.423. The summed E-state index contributed by atoms with van der Waals surface area (Å²) in [6, 6.07) is 12.7. The highest BCUT2D eigenvalue weighted by Crippen LogP contribution is 2.37. The molecule has 0 spiro atoms. The molecule has 1 N–H and O–H groups in total. The molecule has 2 aromatic carbocycles. The van der Waals surface area contributed by atoms with Crippen molar-refractivity contribution in [2.45, 2.75) is 51.2 Å². The number of nitrogens with zero attached hydrogens (tertiary/aromatic N) is 2. The third-order valence-electron chi connectivity index (χ3n) is 5.69. The van der Waals surface area contributed by atoms with Crippen LogP contribution in [0.5, 0.6) is 17.2 Å². The molecular formula is C26H31N3O5S. The number of carbonyl (C=O) groups excluding carboxylic acids is 2. The molecule has 35 heavy (non-hydrogen) atoms. The van der Waals surface area contributed by atoms with Crippen LogP contribution in [0.25, 0.3) is 0 Å². The maximum Gasteiger partial charge on any atom is 0.242 e. The minimum absolute atomic E-state index is 0.0653. The van der Waals surface area contributed by atoms with Gasteiger partial charge in [0.05, 0.1) is 12.3 Å². The first kappa shape index (κ1) is 24.9. The summed E-state index contributed by atoms with van der Waals surface area (Å²) in [5, 5.41) is 2.94. The number of aliphatic imine (C=N–C) groups is 1. The van der Waals surface area contributed by atoms with Crippen molar-refractivity contribution in [2.75, 3.05) is 25.3 Å². The zero-order chi connectivity index (χ0) is 24.6. The smallest absolute Gasteiger partial charge is 0.242 e. The number of ether oxygens (including phenoxy) is 3. The van der Waals surface area contributed by atoms with E-state index in [0.29, 0.717) is 41.2 Å². The molecule has 8 nitrogen and oxygen atoms in total. The normalized spacial score (nSPS) is 17.8. The standard InChI is InChI=1S/C26H31N3O5S/c1-3-5-6-7-14-32-20-11-8-18(9-12-20)27-24(30)16-23-25(31)29(4-2)26(35-23)28-19-10-13-21-22(15-19)34-17-33-21/h8-13,15,23H,3-7,14,16-17H2,1-2H3,(H,27,30). The van der Waals surface area contributed by atoms with Gasteiger partial charge in [0.15, 0.2) is 16.7 Å². The number of amides is 2. The van der Waals surface area contributed by atoms with Gasteiger partial charge in [-0.2, -0.15) is 0 Å². The molecule has 2 aliphatic heterocycles. The second-order valence-electron chi connectivity index (χ2n) is 8.31. The Morgan fingerprint density at radius 2 is 1.91 bits per heavy atom. The number of nitrogens with one attached hydrogen (secondary N) is 1. The van der Waals surface area contributed by atoms with Gasteiger partial charge in [0, 0.05) is 24.7 Å². The number of unbranched alkanes of at least 4 members (excludes halogenated alkanes) is 3. The molecular weight excluding hydrogens is 466 g/mol. The van der Waals surface area contributed by atoms with E-state index in [9.17, 15) is 9.59 Å². The minimum Gasteiger partial charge on any atom is -0.494 e. The number of hydrogen-bond donors (Lipinski definition) is 1. The molecule has 2 heterocycles. The average Bonchev–Trinajstić information content (AvgIpc) is 3.43. The molecule has 1 unspecified atom stereocenters. The molecule has 1 saturated heterocycles. The van der Waals surface area contributed by atoms with E-state index >= 15 is 0 Å². The summed E-state index contributed by atoms with van der Waals surface area (Å²) in [6.45, 7) is 5.44. The second-order valence-corrected chi connectivity index (χ2v) is 9.48. The number of anilines is 1. The van der Waals surface area contributed by atoms with Crippen LogP contribution in [0.3, 0.4) is 0 Å². The number of benzene rings is 2. The number of amidine groups is 1. The molecule has 4 rings (SSSR count). The number of carbonyl (C=O) groups is 2. The predicted octanol–water partition coefficient (Wildman–Crippen LogP) is 5.35. The van der Waals surface area contributed by atoms with Gasteiger partial charge in [-0.1, -0.05) is 37.9 Å². The first-order valence-electron chi connectivity index (χ1n) is 12.1. The zero-order valence-corrected chi connectivity index (χ0v) is 20.9. The lowest BCUT2D eigenvalue weighted by Gasteiger charge is -2.13. The van der Waals surface area contributed by atoms with Crippen molar-refractivity contribution in [2.24, 2.45) is 4.99 Å². The third kappa shape index (κ3) is 6.48. The van der Waals surface area contributed by atoms with Gasteiger partial charge in [-0.05, 0) is 49.7 Å². The van der Waals surface area contributed by atoms with Gasteiger partial charge < -0.3 is 19.5 Å². The summed E-state index contributed by atoms with van der Waals surface area (Å²) >= 11 is 1.31. The molecule has 2 aliphatic rings. The van der Waals surface area contributed by atoms with Crippen LogP contribution in [0.15, 0.2) is 47.5 Å². The Morgan fingerprint density at radius 1 is 1.11 bits per heavy atom. The maximum atomic E-state index is 12.9. The molecule has 2 aromatic rings. The quantitative estimate of drug-likeness (QED) is 0.421. The van der Waals surface area contributed by atoms with E-state index in [1.165, 1.54) is 31.0 Å². The number of rotatable bonds is 11. The Balaban J connectivity index is 1.31. The van der Waals surface area contributed by atoms with Crippen LogP contribution in [0.1, 0.15) is 46.0 Å². The molecule has 0 saturated carbocycles. The summed E-state index contributed by atoms with van der Waals surface area (Å²) in [6.07, 6.45) is 4.69. The van der Waals surface area contributed by atoms with Gasteiger partial charge >= 0.3 is 0 Å². The van der Waals surface area contributed by atoms with Crippen LogP contribution in [0.2, 0.25) is 0 Å². The van der Waals surface area contributed by atoms with Crippen molar-refractivity contribution in [3.05, 3.63) is 42.5 Å².